The molecule has 0 aliphatic heterocycles. The lowest BCUT2D eigenvalue weighted by Crippen LogP contribution is -2.21. The molecule has 0 saturated heterocycles. The van der Waals surface area contributed by atoms with Gasteiger partial charge in [-0.1, -0.05) is 39.7 Å². The van der Waals surface area contributed by atoms with Crippen molar-refractivity contribution in [1.29, 1.82) is 0 Å². The van der Waals surface area contributed by atoms with E-state index in [0.717, 1.165) is 15.6 Å². The van der Waals surface area contributed by atoms with E-state index in [0.29, 0.717) is 17.4 Å². The van der Waals surface area contributed by atoms with E-state index in [1.807, 2.05) is 42.5 Å². The van der Waals surface area contributed by atoms with Crippen LogP contribution in [0, 0.1) is 0 Å². The molecule has 0 heterocycles. The van der Waals surface area contributed by atoms with Gasteiger partial charge in [-0.2, -0.15) is 5.10 Å². The van der Waals surface area contributed by atoms with Crippen LogP contribution in [0.3, 0.4) is 0 Å². The SMILES string of the molecule is NC(N)=N/N=C/c1cc(Br)ccc1OCc1cccc(Cl)c1. The molecular weight excluding hydrogens is 368 g/mol. The van der Waals surface area contributed by atoms with Gasteiger partial charge in [0.1, 0.15) is 12.4 Å². The fourth-order valence-electron chi connectivity index (χ4n) is 1.70. The predicted octanol–water partition coefficient (Wildman–Crippen LogP) is 3.29. The van der Waals surface area contributed by atoms with Crippen LogP contribution in [0.2, 0.25) is 5.02 Å². The molecule has 2 aromatic rings. The van der Waals surface area contributed by atoms with Gasteiger partial charge in [-0.25, -0.2) is 0 Å². The van der Waals surface area contributed by atoms with Crippen LogP contribution in [-0.2, 0) is 6.61 Å². The highest BCUT2D eigenvalue weighted by Crippen LogP contribution is 2.23. The van der Waals surface area contributed by atoms with Crippen molar-refractivity contribution >= 4 is 39.7 Å². The third-order valence-corrected chi connectivity index (χ3v) is 3.35. The van der Waals surface area contributed by atoms with Crippen molar-refractivity contribution in [3.05, 3.63) is 63.1 Å². The van der Waals surface area contributed by atoms with Crippen LogP contribution in [0.1, 0.15) is 11.1 Å². The van der Waals surface area contributed by atoms with Crippen molar-refractivity contribution in [3.8, 4) is 5.75 Å². The summed E-state index contributed by atoms with van der Waals surface area (Å²) in [6.07, 6.45) is 1.53. The Balaban J connectivity index is 2.16. The van der Waals surface area contributed by atoms with Crippen LogP contribution in [0.5, 0.6) is 5.75 Å². The summed E-state index contributed by atoms with van der Waals surface area (Å²) in [6, 6.07) is 13.1. The number of hydrogen-bond donors (Lipinski definition) is 2. The van der Waals surface area contributed by atoms with Gasteiger partial charge in [0.2, 0.25) is 5.96 Å². The van der Waals surface area contributed by atoms with Crippen molar-refractivity contribution < 1.29 is 4.74 Å². The highest BCUT2D eigenvalue weighted by Gasteiger charge is 2.04. The van der Waals surface area contributed by atoms with E-state index in [9.17, 15) is 0 Å². The van der Waals surface area contributed by atoms with Gasteiger partial charge < -0.3 is 16.2 Å². The number of halogens is 2. The summed E-state index contributed by atoms with van der Waals surface area (Å²) in [7, 11) is 0. The number of hydrogen-bond acceptors (Lipinski definition) is 3. The molecule has 0 aromatic heterocycles. The number of nitrogens with zero attached hydrogens (tertiary/aromatic N) is 2. The molecule has 5 nitrogen and oxygen atoms in total. The molecule has 4 N–H and O–H groups in total. The first-order chi connectivity index (χ1) is 10.5. The fraction of sp³-hybridized carbons (Fsp3) is 0.0667. The third kappa shape index (κ3) is 5.05. The van der Waals surface area contributed by atoms with Gasteiger partial charge in [-0.05, 0) is 35.9 Å². The molecule has 0 aliphatic carbocycles. The molecule has 0 saturated carbocycles. The zero-order valence-electron chi connectivity index (χ0n) is 11.5. The minimum Gasteiger partial charge on any atom is -0.488 e. The average Bonchev–Trinajstić information content (AvgIpc) is 2.46. The first kappa shape index (κ1) is 16.3. The van der Waals surface area contributed by atoms with Gasteiger partial charge >= 0.3 is 0 Å². The van der Waals surface area contributed by atoms with E-state index >= 15 is 0 Å². The normalized spacial score (nSPS) is 10.6. The summed E-state index contributed by atoms with van der Waals surface area (Å²) < 4.78 is 6.71. The second-order valence-corrected chi connectivity index (χ2v) is 5.72. The van der Waals surface area contributed by atoms with E-state index in [4.69, 9.17) is 27.8 Å². The van der Waals surface area contributed by atoms with E-state index in [1.165, 1.54) is 6.21 Å². The van der Waals surface area contributed by atoms with Gasteiger partial charge in [-0.15, -0.1) is 5.10 Å². The second-order valence-electron chi connectivity index (χ2n) is 4.37. The van der Waals surface area contributed by atoms with Crippen LogP contribution in [-0.4, -0.2) is 12.2 Å². The molecule has 114 valence electrons. The molecule has 0 atom stereocenters. The number of guanidine groups is 1. The van der Waals surface area contributed by atoms with E-state index in [2.05, 4.69) is 26.1 Å². The molecule has 2 aromatic carbocycles. The van der Waals surface area contributed by atoms with E-state index < -0.39 is 0 Å². The quantitative estimate of drug-likeness (QED) is 0.473. The fourth-order valence-corrected chi connectivity index (χ4v) is 2.29. The van der Waals surface area contributed by atoms with Crippen LogP contribution >= 0.6 is 27.5 Å². The summed E-state index contributed by atoms with van der Waals surface area (Å²) in [5, 5.41) is 8.05. The minimum atomic E-state index is -0.104. The van der Waals surface area contributed by atoms with Crippen molar-refractivity contribution in [3.63, 3.8) is 0 Å². The Morgan fingerprint density at radius 3 is 2.77 bits per heavy atom. The lowest BCUT2D eigenvalue weighted by Gasteiger charge is -2.09. The summed E-state index contributed by atoms with van der Waals surface area (Å²) >= 11 is 9.36. The molecule has 0 amide bonds. The monoisotopic (exact) mass is 380 g/mol. The Bertz CT molecular complexity index is 714. The average molecular weight is 382 g/mol. The summed E-state index contributed by atoms with van der Waals surface area (Å²) in [4.78, 5) is 0. The zero-order chi connectivity index (χ0) is 15.9. The maximum Gasteiger partial charge on any atom is 0.211 e. The Morgan fingerprint density at radius 2 is 2.05 bits per heavy atom. The first-order valence-corrected chi connectivity index (χ1v) is 7.50. The van der Waals surface area contributed by atoms with Gasteiger partial charge in [0.25, 0.3) is 0 Å². The van der Waals surface area contributed by atoms with Gasteiger partial charge in [0, 0.05) is 15.1 Å². The minimum absolute atomic E-state index is 0.104. The number of benzene rings is 2. The summed E-state index contributed by atoms with van der Waals surface area (Å²) in [5.41, 5.74) is 12.2. The van der Waals surface area contributed by atoms with Crippen molar-refractivity contribution in [2.75, 3.05) is 0 Å². The Morgan fingerprint density at radius 1 is 1.23 bits per heavy atom. The van der Waals surface area contributed by atoms with E-state index in [1.54, 1.807) is 0 Å². The molecule has 22 heavy (non-hydrogen) atoms. The maximum absolute atomic E-state index is 5.96. The lowest BCUT2D eigenvalue weighted by atomic mass is 10.2. The standard InChI is InChI=1S/C15H14BrClN4O/c16-12-4-5-14(11(7-12)8-20-21-15(18)19)22-9-10-2-1-3-13(17)6-10/h1-8H,9H2,(H4,18,19,21)/b20-8+. The maximum atomic E-state index is 5.96. The highest BCUT2D eigenvalue weighted by atomic mass is 79.9. The van der Waals surface area contributed by atoms with Gasteiger partial charge in [0.05, 0.1) is 6.21 Å². The zero-order valence-corrected chi connectivity index (χ0v) is 13.9. The van der Waals surface area contributed by atoms with E-state index in [-0.39, 0.29) is 5.96 Å². The highest BCUT2D eigenvalue weighted by molar-refractivity contribution is 9.10. The van der Waals surface area contributed by atoms with Crippen LogP contribution < -0.4 is 16.2 Å². The molecule has 0 aliphatic rings. The van der Waals surface area contributed by atoms with Crippen molar-refractivity contribution in [1.82, 2.24) is 0 Å². The summed E-state index contributed by atoms with van der Waals surface area (Å²) in [5.74, 6) is 0.561. The summed E-state index contributed by atoms with van der Waals surface area (Å²) in [6.45, 7) is 0.394. The number of rotatable bonds is 5. The smallest absolute Gasteiger partial charge is 0.211 e. The molecule has 7 heteroatoms. The third-order valence-electron chi connectivity index (χ3n) is 2.63. The lowest BCUT2D eigenvalue weighted by molar-refractivity contribution is 0.306. The Kier molecular flexibility index (Phi) is 5.80. The molecule has 0 unspecified atom stereocenters. The number of nitrogens with two attached hydrogens (primary N) is 2. The Hall–Kier alpha value is -2.05. The van der Waals surface area contributed by atoms with Crippen molar-refractivity contribution in [2.24, 2.45) is 21.7 Å². The molecule has 0 radical (unpaired) electrons. The van der Waals surface area contributed by atoms with Crippen LogP contribution in [0.4, 0.5) is 0 Å². The molecule has 0 spiro atoms. The largest absolute Gasteiger partial charge is 0.488 e. The number of ether oxygens (including phenoxy) is 1. The first-order valence-electron chi connectivity index (χ1n) is 6.33. The predicted molar refractivity (Wildman–Crippen MR) is 93.3 cm³/mol. The Labute approximate surface area is 141 Å². The van der Waals surface area contributed by atoms with Crippen molar-refractivity contribution in [2.45, 2.75) is 6.61 Å². The molecule has 0 fully saturated rings. The molecule has 2 rings (SSSR count). The molecular formula is C15H14BrClN4O. The molecule has 0 bridgehead atoms. The second kappa shape index (κ2) is 7.82. The van der Waals surface area contributed by atoms with Crippen LogP contribution in [0.15, 0.2) is 57.1 Å². The topological polar surface area (TPSA) is 86.0 Å². The van der Waals surface area contributed by atoms with Gasteiger partial charge in [0.15, 0.2) is 0 Å². The van der Waals surface area contributed by atoms with Gasteiger partial charge in [-0.3, -0.25) is 0 Å². The van der Waals surface area contributed by atoms with Crippen LogP contribution in [0.25, 0.3) is 0 Å².